The molecule has 3 aromatic rings. The molecule has 142 valence electrons. The number of anilines is 2. The van der Waals surface area contributed by atoms with Crippen molar-refractivity contribution in [3.63, 3.8) is 0 Å². The number of likely N-dealkylation sites (tertiary alicyclic amines) is 1. The standard InChI is InChI=1S/C20H21FN4O.ClH/c1-24-11-8-16-18(24)17(20(26)25-9-3-2-4-10-25)13-22-19(16)23-15-7-5-6-14(21)12-15;/h5-8,11-13H,2-4,9-10H2,1H3,(H,22,23);1H. The van der Waals surface area contributed by atoms with Crippen molar-refractivity contribution in [2.75, 3.05) is 18.4 Å². The molecule has 0 bridgehead atoms. The summed E-state index contributed by atoms with van der Waals surface area (Å²) < 4.78 is 15.4. The van der Waals surface area contributed by atoms with Gasteiger partial charge in [-0.25, -0.2) is 9.37 Å². The number of carbonyl (C=O) groups is 1. The number of nitrogens with one attached hydrogen (secondary N) is 1. The molecule has 27 heavy (non-hydrogen) atoms. The summed E-state index contributed by atoms with van der Waals surface area (Å²) >= 11 is 0. The van der Waals surface area contributed by atoms with Gasteiger partial charge in [0.25, 0.3) is 5.91 Å². The van der Waals surface area contributed by atoms with E-state index >= 15 is 0 Å². The molecule has 3 heterocycles. The maximum Gasteiger partial charge on any atom is 0.257 e. The lowest BCUT2D eigenvalue weighted by atomic mass is 10.1. The van der Waals surface area contributed by atoms with Crippen LogP contribution < -0.4 is 5.32 Å². The second kappa shape index (κ2) is 7.96. The van der Waals surface area contributed by atoms with Crippen LogP contribution in [0.5, 0.6) is 0 Å². The molecule has 0 unspecified atom stereocenters. The quantitative estimate of drug-likeness (QED) is 0.718. The van der Waals surface area contributed by atoms with Crippen molar-refractivity contribution < 1.29 is 9.18 Å². The molecule has 1 amide bonds. The van der Waals surface area contributed by atoms with Crippen molar-refractivity contribution in [2.24, 2.45) is 7.05 Å². The predicted octanol–water partition coefficient (Wildman–Crippen LogP) is 4.50. The summed E-state index contributed by atoms with van der Waals surface area (Å²) in [6.07, 6.45) is 6.82. The van der Waals surface area contributed by atoms with E-state index in [0.29, 0.717) is 17.1 Å². The lowest BCUT2D eigenvalue weighted by Crippen LogP contribution is -2.35. The van der Waals surface area contributed by atoms with Crippen LogP contribution in [0.1, 0.15) is 29.6 Å². The van der Waals surface area contributed by atoms with Crippen molar-refractivity contribution in [3.05, 3.63) is 54.1 Å². The van der Waals surface area contributed by atoms with E-state index in [2.05, 4.69) is 10.3 Å². The summed E-state index contributed by atoms with van der Waals surface area (Å²) in [5.74, 6) is 0.332. The minimum Gasteiger partial charge on any atom is -0.350 e. The summed E-state index contributed by atoms with van der Waals surface area (Å²) in [6, 6.07) is 8.18. The van der Waals surface area contributed by atoms with Gasteiger partial charge in [0.2, 0.25) is 0 Å². The first kappa shape index (κ1) is 19.2. The van der Waals surface area contributed by atoms with Crippen LogP contribution in [0.4, 0.5) is 15.9 Å². The first-order valence-corrected chi connectivity index (χ1v) is 8.89. The van der Waals surface area contributed by atoms with E-state index in [1.807, 2.05) is 28.8 Å². The molecule has 0 saturated carbocycles. The van der Waals surface area contributed by atoms with Gasteiger partial charge in [0.05, 0.1) is 11.1 Å². The van der Waals surface area contributed by atoms with Gasteiger partial charge in [0, 0.05) is 43.6 Å². The number of aromatic nitrogens is 2. The van der Waals surface area contributed by atoms with Gasteiger partial charge in [-0.15, -0.1) is 12.4 Å². The van der Waals surface area contributed by atoms with Crippen molar-refractivity contribution in [3.8, 4) is 0 Å². The third kappa shape index (κ3) is 3.76. The number of pyridine rings is 1. The number of nitrogens with zero attached hydrogens (tertiary/aromatic N) is 3. The number of hydrogen-bond acceptors (Lipinski definition) is 3. The van der Waals surface area contributed by atoms with Crippen LogP contribution in [0.3, 0.4) is 0 Å². The summed E-state index contributed by atoms with van der Waals surface area (Å²) in [6.45, 7) is 1.60. The van der Waals surface area contributed by atoms with Crippen LogP contribution >= 0.6 is 12.4 Å². The highest BCUT2D eigenvalue weighted by atomic mass is 35.5. The zero-order valence-electron chi connectivity index (χ0n) is 15.1. The molecular weight excluding hydrogens is 367 g/mol. The topological polar surface area (TPSA) is 50.2 Å². The van der Waals surface area contributed by atoms with Gasteiger partial charge < -0.3 is 14.8 Å². The SMILES string of the molecule is Cl.Cn1ccc2c(Nc3cccc(F)c3)ncc(C(=O)N3CCCCC3)c21. The summed E-state index contributed by atoms with van der Waals surface area (Å²) in [7, 11) is 1.92. The van der Waals surface area contributed by atoms with E-state index in [0.717, 1.165) is 36.8 Å². The zero-order chi connectivity index (χ0) is 18.1. The molecule has 0 spiro atoms. The number of aryl methyl sites for hydroxylation is 1. The minimum atomic E-state index is -0.309. The van der Waals surface area contributed by atoms with E-state index in [9.17, 15) is 9.18 Å². The highest BCUT2D eigenvalue weighted by molar-refractivity contribution is 6.08. The van der Waals surface area contributed by atoms with Gasteiger partial charge in [-0.1, -0.05) is 6.07 Å². The number of benzene rings is 1. The number of halogens is 2. The van der Waals surface area contributed by atoms with E-state index in [4.69, 9.17) is 0 Å². The van der Waals surface area contributed by atoms with Gasteiger partial charge in [0.1, 0.15) is 11.6 Å². The molecule has 0 radical (unpaired) electrons. The van der Waals surface area contributed by atoms with E-state index in [1.165, 1.54) is 18.6 Å². The van der Waals surface area contributed by atoms with Crippen molar-refractivity contribution in [1.82, 2.24) is 14.5 Å². The third-order valence-electron chi connectivity index (χ3n) is 4.87. The molecule has 1 fully saturated rings. The molecule has 0 atom stereocenters. The first-order valence-electron chi connectivity index (χ1n) is 8.89. The molecule has 1 N–H and O–H groups in total. The lowest BCUT2D eigenvalue weighted by molar-refractivity contribution is 0.0725. The molecule has 5 nitrogen and oxygen atoms in total. The number of hydrogen-bond donors (Lipinski definition) is 1. The van der Waals surface area contributed by atoms with Gasteiger partial charge in [-0.3, -0.25) is 4.79 Å². The Morgan fingerprint density at radius 1 is 1.19 bits per heavy atom. The summed E-state index contributed by atoms with van der Waals surface area (Å²) in [5.41, 5.74) is 2.08. The molecule has 4 rings (SSSR count). The van der Waals surface area contributed by atoms with E-state index < -0.39 is 0 Å². The maximum atomic E-state index is 13.4. The third-order valence-corrected chi connectivity index (χ3v) is 4.87. The summed E-state index contributed by atoms with van der Waals surface area (Å²) in [5, 5.41) is 4.00. The highest BCUT2D eigenvalue weighted by Gasteiger charge is 2.23. The fourth-order valence-electron chi connectivity index (χ4n) is 3.54. The van der Waals surface area contributed by atoms with Crippen LogP contribution in [0.15, 0.2) is 42.7 Å². The fourth-order valence-corrected chi connectivity index (χ4v) is 3.54. The van der Waals surface area contributed by atoms with Crippen LogP contribution in [0.2, 0.25) is 0 Å². The second-order valence-electron chi connectivity index (χ2n) is 6.70. The Morgan fingerprint density at radius 2 is 1.96 bits per heavy atom. The molecule has 1 aromatic carbocycles. The Morgan fingerprint density at radius 3 is 2.70 bits per heavy atom. The van der Waals surface area contributed by atoms with Crippen LogP contribution in [-0.4, -0.2) is 33.4 Å². The molecule has 2 aromatic heterocycles. The second-order valence-corrected chi connectivity index (χ2v) is 6.70. The van der Waals surface area contributed by atoms with Crippen molar-refractivity contribution in [2.45, 2.75) is 19.3 Å². The number of rotatable bonds is 3. The first-order chi connectivity index (χ1) is 12.6. The Bertz CT molecular complexity index is 966. The molecule has 7 heteroatoms. The van der Waals surface area contributed by atoms with Gasteiger partial charge in [-0.05, 0) is 43.5 Å². The maximum absolute atomic E-state index is 13.4. The fraction of sp³-hybridized carbons (Fsp3) is 0.300. The molecule has 0 aliphatic carbocycles. The molecule has 1 aliphatic heterocycles. The Hall–Kier alpha value is -2.60. The smallest absolute Gasteiger partial charge is 0.257 e. The average molecular weight is 389 g/mol. The summed E-state index contributed by atoms with van der Waals surface area (Å²) in [4.78, 5) is 19.4. The highest BCUT2D eigenvalue weighted by Crippen LogP contribution is 2.29. The van der Waals surface area contributed by atoms with Crippen molar-refractivity contribution in [1.29, 1.82) is 0 Å². The molecule has 1 saturated heterocycles. The van der Waals surface area contributed by atoms with Crippen LogP contribution in [0, 0.1) is 5.82 Å². The van der Waals surface area contributed by atoms with E-state index in [-0.39, 0.29) is 24.1 Å². The van der Waals surface area contributed by atoms with Gasteiger partial charge >= 0.3 is 0 Å². The molecule has 1 aliphatic rings. The van der Waals surface area contributed by atoms with E-state index in [1.54, 1.807) is 18.3 Å². The number of amides is 1. The Labute approximate surface area is 163 Å². The zero-order valence-corrected chi connectivity index (χ0v) is 15.9. The normalized spacial score (nSPS) is 14.1. The monoisotopic (exact) mass is 388 g/mol. The largest absolute Gasteiger partial charge is 0.350 e. The Balaban J connectivity index is 0.00000210. The van der Waals surface area contributed by atoms with Crippen LogP contribution in [0.25, 0.3) is 10.9 Å². The predicted molar refractivity (Wildman–Crippen MR) is 107 cm³/mol. The average Bonchev–Trinajstić information content (AvgIpc) is 3.05. The number of fused-ring (bicyclic) bond motifs is 1. The van der Waals surface area contributed by atoms with Gasteiger partial charge in [-0.2, -0.15) is 0 Å². The number of piperidine rings is 1. The Kier molecular flexibility index (Phi) is 5.65. The lowest BCUT2D eigenvalue weighted by Gasteiger charge is -2.27. The molecular formula is C20H22ClFN4O. The van der Waals surface area contributed by atoms with Gasteiger partial charge in [0.15, 0.2) is 0 Å². The minimum absolute atomic E-state index is 0. The number of carbonyl (C=O) groups excluding carboxylic acids is 1. The van der Waals surface area contributed by atoms with Crippen molar-refractivity contribution >= 4 is 40.7 Å². The van der Waals surface area contributed by atoms with Crippen LogP contribution in [-0.2, 0) is 7.05 Å².